The van der Waals surface area contributed by atoms with Gasteiger partial charge in [-0.25, -0.2) is 13.1 Å². The van der Waals surface area contributed by atoms with Crippen molar-refractivity contribution in [3.8, 4) is 0 Å². The van der Waals surface area contributed by atoms with Crippen LogP contribution in [-0.4, -0.2) is 50.8 Å². The van der Waals surface area contributed by atoms with Crippen molar-refractivity contribution >= 4 is 27.5 Å². The third kappa shape index (κ3) is 4.55. The second-order valence-electron chi connectivity index (χ2n) is 7.68. The summed E-state index contributed by atoms with van der Waals surface area (Å²) in [4.78, 5) is 27.8. The van der Waals surface area contributed by atoms with Crippen molar-refractivity contribution in [1.29, 1.82) is 0 Å². The number of benzene rings is 1. The number of likely N-dealkylation sites (tertiary alicyclic amines) is 1. The van der Waals surface area contributed by atoms with Crippen molar-refractivity contribution in [2.24, 2.45) is 0 Å². The molecule has 1 saturated heterocycles. The largest absolute Gasteiger partial charge is 0.343 e. The van der Waals surface area contributed by atoms with E-state index in [1.165, 1.54) is 13.0 Å². The maximum absolute atomic E-state index is 12.6. The summed E-state index contributed by atoms with van der Waals surface area (Å²) in [6, 6.07) is 4.86. The molecule has 0 spiro atoms. The molecule has 3 rings (SSSR count). The minimum absolute atomic E-state index is 0.00415. The van der Waals surface area contributed by atoms with E-state index in [4.69, 9.17) is 0 Å². The van der Waals surface area contributed by atoms with Gasteiger partial charge in [-0.15, -0.1) is 0 Å². The van der Waals surface area contributed by atoms with Crippen molar-refractivity contribution in [2.45, 2.75) is 63.3 Å². The highest BCUT2D eigenvalue weighted by Gasteiger charge is 2.30. The number of fused-ring (bicyclic) bond motifs is 1. The van der Waals surface area contributed by atoms with Crippen molar-refractivity contribution in [3.63, 3.8) is 0 Å². The van der Waals surface area contributed by atoms with Crippen LogP contribution >= 0.6 is 0 Å². The van der Waals surface area contributed by atoms with Crippen LogP contribution < -0.4 is 9.62 Å². The number of amides is 2. The molecule has 1 atom stereocenters. The third-order valence-electron chi connectivity index (χ3n) is 5.51. The molecule has 1 N–H and O–H groups in total. The van der Waals surface area contributed by atoms with Crippen molar-refractivity contribution in [2.75, 3.05) is 24.5 Å². The highest BCUT2D eigenvalue weighted by molar-refractivity contribution is 7.89. The summed E-state index contributed by atoms with van der Waals surface area (Å²) >= 11 is 0. The quantitative estimate of drug-likeness (QED) is 0.809. The maximum Gasteiger partial charge on any atom is 0.240 e. The average Bonchev–Trinajstić information content (AvgIpc) is 2.80. The molecule has 1 fully saturated rings. The van der Waals surface area contributed by atoms with Crippen LogP contribution in [0.2, 0.25) is 0 Å². The van der Waals surface area contributed by atoms with Gasteiger partial charge in [0.25, 0.3) is 0 Å². The number of anilines is 1. The van der Waals surface area contributed by atoms with Crippen LogP contribution in [0.5, 0.6) is 0 Å². The van der Waals surface area contributed by atoms with E-state index in [0.29, 0.717) is 6.42 Å². The Morgan fingerprint density at radius 1 is 1.14 bits per heavy atom. The number of hydrogen-bond acceptors (Lipinski definition) is 4. The summed E-state index contributed by atoms with van der Waals surface area (Å²) in [5.74, 6) is -0.0449. The Balaban J connectivity index is 1.61. The van der Waals surface area contributed by atoms with E-state index in [9.17, 15) is 18.0 Å². The predicted octanol–water partition coefficient (Wildman–Crippen LogP) is 2.06. The first-order valence-electron chi connectivity index (χ1n) is 10.00. The lowest BCUT2D eigenvalue weighted by molar-refractivity contribution is -0.131. The van der Waals surface area contributed by atoms with Gasteiger partial charge in [-0.3, -0.25) is 9.59 Å². The molecular weight excluding hydrogens is 378 g/mol. The number of carbonyl (C=O) groups is 2. The molecule has 1 aromatic rings. The van der Waals surface area contributed by atoms with Crippen LogP contribution in [0, 0.1) is 0 Å². The molecule has 2 aliphatic rings. The van der Waals surface area contributed by atoms with Crippen molar-refractivity contribution in [1.82, 2.24) is 9.62 Å². The molecular formula is C20H29N3O4S. The smallest absolute Gasteiger partial charge is 0.240 e. The van der Waals surface area contributed by atoms with Gasteiger partial charge in [0, 0.05) is 44.7 Å². The topological polar surface area (TPSA) is 86.8 Å². The van der Waals surface area contributed by atoms with E-state index >= 15 is 0 Å². The highest BCUT2D eigenvalue weighted by Crippen LogP contribution is 2.33. The Bertz CT molecular complexity index is 845. The predicted molar refractivity (Wildman–Crippen MR) is 108 cm³/mol. The van der Waals surface area contributed by atoms with E-state index in [-0.39, 0.29) is 35.7 Å². The maximum atomic E-state index is 12.6. The lowest BCUT2D eigenvalue weighted by Crippen LogP contribution is -2.35. The minimum Gasteiger partial charge on any atom is -0.343 e. The van der Waals surface area contributed by atoms with Gasteiger partial charge >= 0.3 is 0 Å². The van der Waals surface area contributed by atoms with Gasteiger partial charge in [0.05, 0.1) is 4.90 Å². The molecule has 8 heteroatoms. The zero-order valence-corrected chi connectivity index (χ0v) is 17.4. The monoisotopic (exact) mass is 407 g/mol. The van der Waals surface area contributed by atoms with E-state index < -0.39 is 10.0 Å². The van der Waals surface area contributed by atoms with Crippen LogP contribution in [0.3, 0.4) is 0 Å². The lowest BCUT2D eigenvalue weighted by Gasteiger charge is -2.21. The van der Waals surface area contributed by atoms with Gasteiger partial charge in [0.15, 0.2) is 0 Å². The number of nitrogens with one attached hydrogen (secondary N) is 1. The molecule has 0 radical (unpaired) electrons. The molecule has 0 unspecified atom stereocenters. The summed E-state index contributed by atoms with van der Waals surface area (Å²) in [6.07, 6.45) is 5.12. The zero-order chi connectivity index (χ0) is 20.3. The molecule has 7 nitrogen and oxygen atoms in total. The summed E-state index contributed by atoms with van der Waals surface area (Å²) in [6.45, 7) is 5.08. The summed E-state index contributed by atoms with van der Waals surface area (Å²) in [7, 11) is -3.69. The van der Waals surface area contributed by atoms with Crippen LogP contribution in [0.1, 0.15) is 51.5 Å². The molecule has 0 aromatic heterocycles. The number of rotatable bonds is 5. The van der Waals surface area contributed by atoms with Gasteiger partial charge in [-0.1, -0.05) is 12.8 Å². The molecule has 2 heterocycles. The molecule has 28 heavy (non-hydrogen) atoms. The first-order valence-corrected chi connectivity index (χ1v) is 11.5. The van der Waals surface area contributed by atoms with Crippen LogP contribution in [0.4, 0.5) is 5.69 Å². The molecule has 154 valence electrons. The summed E-state index contributed by atoms with van der Waals surface area (Å²) in [5.41, 5.74) is 1.63. The van der Waals surface area contributed by atoms with E-state index in [1.807, 2.05) is 11.8 Å². The molecule has 0 bridgehead atoms. The standard InChI is InChI=1S/C20H29N3O4S/c1-15-13-17-14-18(7-8-19(17)23(15)16(2)24)28(26,27)21-10-9-20(25)22-11-5-3-4-6-12-22/h7-8,14-15,21H,3-6,9-13H2,1-2H3/t15-/m1/s1. The Morgan fingerprint density at radius 2 is 1.82 bits per heavy atom. The van der Waals surface area contributed by atoms with Crippen molar-refractivity contribution < 1.29 is 18.0 Å². The summed E-state index contributed by atoms with van der Waals surface area (Å²) in [5, 5.41) is 0. The number of carbonyl (C=O) groups excluding carboxylic acids is 2. The fourth-order valence-corrected chi connectivity index (χ4v) is 5.19. The van der Waals surface area contributed by atoms with Crippen LogP contribution in [0.15, 0.2) is 23.1 Å². The average molecular weight is 408 g/mol. The van der Waals surface area contributed by atoms with E-state index in [0.717, 1.165) is 50.0 Å². The third-order valence-corrected chi connectivity index (χ3v) is 6.96. The molecule has 2 amide bonds. The first kappa shape index (κ1) is 20.8. The summed E-state index contributed by atoms with van der Waals surface area (Å²) < 4.78 is 27.8. The molecule has 0 aliphatic carbocycles. The molecule has 0 saturated carbocycles. The Kier molecular flexibility index (Phi) is 6.40. The highest BCUT2D eigenvalue weighted by atomic mass is 32.2. The normalized spacial score (nSPS) is 20.0. The van der Waals surface area contributed by atoms with Gasteiger partial charge in [0.1, 0.15) is 0 Å². The van der Waals surface area contributed by atoms with E-state index in [1.54, 1.807) is 17.0 Å². The van der Waals surface area contributed by atoms with Gasteiger partial charge in [-0.2, -0.15) is 0 Å². The van der Waals surface area contributed by atoms with Crippen LogP contribution in [0.25, 0.3) is 0 Å². The number of hydrogen-bond donors (Lipinski definition) is 1. The second-order valence-corrected chi connectivity index (χ2v) is 9.44. The fourth-order valence-electron chi connectivity index (χ4n) is 4.11. The SMILES string of the molecule is CC(=O)N1c2ccc(S(=O)(=O)NCCC(=O)N3CCCCCC3)cc2C[C@H]1C. The van der Waals surface area contributed by atoms with Crippen LogP contribution in [-0.2, 0) is 26.0 Å². The fraction of sp³-hybridized carbons (Fsp3) is 0.600. The first-order chi connectivity index (χ1) is 13.3. The zero-order valence-electron chi connectivity index (χ0n) is 16.6. The molecule has 2 aliphatic heterocycles. The van der Waals surface area contributed by atoms with Gasteiger partial charge in [0.2, 0.25) is 21.8 Å². The Hall–Kier alpha value is -1.93. The van der Waals surface area contributed by atoms with Gasteiger partial charge < -0.3 is 9.80 Å². The van der Waals surface area contributed by atoms with Gasteiger partial charge in [-0.05, 0) is 49.9 Å². The number of sulfonamides is 1. The number of nitrogens with zero attached hydrogens (tertiary/aromatic N) is 2. The Morgan fingerprint density at radius 3 is 2.46 bits per heavy atom. The van der Waals surface area contributed by atoms with E-state index in [2.05, 4.69) is 4.72 Å². The lowest BCUT2D eigenvalue weighted by atomic mass is 10.1. The second kappa shape index (κ2) is 8.61. The minimum atomic E-state index is -3.69. The molecule has 1 aromatic carbocycles. The Labute approximate surface area is 167 Å². The van der Waals surface area contributed by atoms with Crippen molar-refractivity contribution in [3.05, 3.63) is 23.8 Å².